The number of hydrogen-bond donors (Lipinski definition) is 1. The second-order valence-corrected chi connectivity index (χ2v) is 5.13. The average molecular weight is 285 g/mol. The maximum Gasteiger partial charge on any atom is 0.0962 e. The summed E-state index contributed by atoms with van der Waals surface area (Å²) < 4.78 is 1.15. The molecule has 1 aromatic rings. The number of piperidine rings is 1. The number of aryl methyl sites for hydroxylation is 1. The summed E-state index contributed by atoms with van der Waals surface area (Å²) in [6.07, 6.45) is 2.36. The van der Waals surface area contributed by atoms with Crippen LogP contribution in [-0.2, 0) is 4.84 Å². The normalized spacial score (nSPS) is 21.2. The van der Waals surface area contributed by atoms with Crippen LogP contribution < -0.4 is 10.8 Å². The van der Waals surface area contributed by atoms with E-state index in [1.807, 2.05) is 0 Å². The van der Waals surface area contributed by atoms with E-state index in [-0.39, 0.29) is 6.10 Å². The van der Waals surface area contributed by atoms with Crippen molar-refractivity contribution in [3.05, 3.63) is 28.2 Å². The van der Waals surface area contributed by atoms with E-state index in [0.29, 0.717) is 0 Å². The van der Waals surface area contributed by atoms with Gasteiger partial charge in [0, 0.05) is 23.2 Å². The molecule has 2 N–H and O–H groups in total. The minimum Gasteiger partial charge on any atom is -0.369 e. The Bertz CT molecular complexity index is 370. The van der Waals surface area contributed by atoms with Gasteiger partial charge in [-0.3, -0.25) is 4.84 Å². The lowest BCUT2D eigenvalue weighted by Crippen LogP contribution is -2.40. The molecule has 1 unspecified atom stereocenters. The highest BCUT2D eigenvalue weighted by molar-refractivity contribution is 9.10. The molecule has 1 aliphatic rings. The molecule has 3 nitrogen and oxygen atoms in total. The van der Waals surface area contributed by atoms with E-state index in [1.165, 1.54) is 11.3 Å². The molecule has 1 heterocycles. The van der Waals surface area contributed by atoms with Crippen LogP contribution in [0.5, 0.6) is 0 Å². The molecule has 1 aromatic carbocycles. The van der Waals surface area contributed by atoms with Crippen LogP contribution in [0.2, 0.25) is 0 Å². The molecule has 16 heavy (non-hydrogen) atoms. The van der Waals surface area contributed by atoms with Crippen LogP contribution in [0.15, 0.2) is 22.7 Å². The molecular formula is C12H17BrN2O. The molecule has 0 aliphatic carbocycles. The van der Waals surface area contributed by atoms with Gasteiger partial charge in [-0.2, -0.15) is 0 Å². The van der Waals surface area contributed by atoms with Gasteiger partial charge in [-0.1, -0.05) is 15.9 Å². The summed E-state index contributed by atoms with van der Waals surface area (Å²) in [7, 11) is 0. The first-order chi connectivity index (χ1) is 7.70. The van der Waals surface area contributed by atoms with Crippen molar-refractivity contribution in [2.75, 3.05) is 18.0 Å². The molecule has 1 atom stereocenters. The summed E-state index contributed by atoms with van der Waals surface area (Å²) in [5, 5.41) is 0. The fourth-order valence-corrected chi connectivity index (χ4v) is 2.36. The standard InChI is InChI=1S/C12H17BrN2O/c1-9-7-10(4-5-12(9)13)15-6-2-3-11(8-15)16-14/h4-5,7,11H,2-3,6,8,14H2,1H3. The van der Waals surface area contributed by atoms with E-state index in [9.17, 15) is 0 Å². The zero-order valence-corrected chi connectivity index (χ0v) is 11.0. The molecule has 4 heteroatoms. The smallest absolute Gasteiger partial charge is 0.0962 e. The molecule has 0 saturated carbocycles. The van der Waals surface area contributed by atoms with Crippen LogP contribution in [0, 0.1) is 6.92 Å². The predicted octanol–water partition coefficient (Wildman–Crippen LogP) is 2.62. The van der Waals surface area contributed by atoms with E-state index < -0.39 is 0 Å². The number of anilines is 1. The van der Waals surface area contributed by atoms with Crippen LogP contribution >= 0.6 is 15.9 Å². The van der Waals surface area contributed by atoms with Gasteiger partial charge in [0.15, 0.2) is 0 Å². The average Bonchev–Trinajstić information content (AvgIpc) is 2.33. The van der Waals surface area contributed by atoms with Crippen molar-refractivity contribution in [1.82, 2.24) is 0 Å². The second-order valence-electron chi connectivity index (χ2n) is 4.28. The van der Waals surface area contributed by atoms with Crippen molar-refractivity contribution in [2.24, 2.45) is 5.90 Å². The van der Waals surface area contributed by atoms with Crippen molar-refractivity contribution in [3.63, 3.8) is 0 Å². The van der Waals surface area contributed by atoms with Gasteiger partial charge in [0.1, 0.15) is 0 Å². The number of hydrogen-bond acceptors (Lipinski definition) is 3. The van der Waals surface area contributed by atoms with Gasteiger partial charge in [0.2, 0.25) is 0 Å². The third-order valence-corrected chi connectivity index (χ3v) is 3.97. The Kier molecular flexibility index (Phi) is 3.84. The molecule has 0 spiro atoms. The highest BCUT2D eigenvalue weighted by Crippen LogP contribution is 2.25. The second kappa shape index (κ2) is 5.17. The summed E-state index contributed by atoms with van der Waals surface area (Å²) in [5.41, 5.74) is 2.51. The molecule has 0 radical (unpaired) electrons. The Morgan fingerprint density at radius 1 is 1.50 bits per heavy atom. The van der Waals surface area contributed by atoms with Gasteiger partial charge in [-0.15, -0.1) is 0 Å². The monoisotopic (exact) mass is 284 g/mol. The number of rotatable bonds is 2. The van der Waals surface area contributed by atoms with Crippen LogP contribution in [0.1, 0.15) is 18.4 Å². The SMILES string of the molecule is Cc1cc(N2CCCC(ON)C2)ccc1Br. The fraction of sp³-hybridized carbons (Fsp3) is 0.500. The lowest BCUT2D eigenvalue weighted by Gasteiger charge is -2.33. The summed E-state index contributed by atoms with van der Waals surface area (Å²) in [6.45, 7) is 4.08. The predicted molar refractivity (Wildman–Crippen MR) is 69.4 cm³/mol. The Hall–Kier alpha value is -0.580. The van der Waals surface area contributed by atoms with E-state index in [1.54, 1.807) is 0 Å². The zero-order chi connectivity index (χ0) is 11.5. The first-order valence-electron chi connectivity index (χ1n) is 5.57. The number of halogens is 1. The third kappa shape index (κ3) is 2.56. The zero-order valence-electron chi connectivity index (χ0n) is 9.45. The van der Waals surface area contributed by atoms with Crippen LogP contribution in [0.3, 0.4) is 0 Å². The van der Waals surface area contributed by atoms with Crippen molar-refractivity contribution in [2.45, 2.75) is 25.9 Å². The van der Waals surface area contributed by atoms with Crippen LogP contribution in [0.25, 0.3) is 0 Å². The summed E-state index contributed by atoms with van der Waals surface area (Å²) in [6, 6.07) is 6.43. The Labute approximate surface area is 105 Å². The van der Waals surface area contributed by atoms with Gasteiger partial charge in [-0.05, 0) is 43.5 Å². The molecule has 2 rings (SSSR count). The largest absolute Gasteiger partial charge is 0.369 e. The molecule has 0 aromatic heterocycles. The molecule has 0 amide bonds. The number of benzene rings is 1. The van der Waals surface area contributed by atoms with Gasteiger partial charge in [-0.25, -0.2) is 5.90 Å². The fourth-order valence-electron chi connectivity index (χ4n) is 2.11. The first kappa shape index (κ1) is 11.9. The van der Waals surface area contributed by atoms with Crippen molar-refractivity contribution in [1.29, 1.82) is 0 Å². The first-order valence-corrected chi connectivity index (χ1v) is 6.36. The van der Waals surface area contributed by atoms with Gasteiger partial charge < -0.3 is 4.90 Å². The molecule has 1 aliphatic heterocycles. The number of nitrogens with two attached hydrogens (primary N) is 1. The van der Waals surface area contributed by atoms with Crippen molar-refractivity contribution in [3.8, 4) is 0 Å². The molecule has 1 saturated heterocycles. The van der Waals surface area contributed by atoms with Crippen molar-refractivity contribution < 1.29 is 4.84 Å². The summed E-state index contributed by atoms with van der Waals surface area (Å²) in [5.74, 6) is 5.26. The summed E-state index contributed by atoms with van der Waals surface area (Å²) >= 11 is 3.52. The molecule has 88 valence electrons. The highest BCUT2D eigenvalue weighted by atomic mass is 79.9. The molecule has 0 bridgehead atoms. The minimum atomic E-state index is 0.165. The lowest BCUT2D eigenvalue weighted by atomic mass is 10.1. The molecular weight excluding hydrogens is 268 g/mol. The maximum absolute atomic E-state index is 5.26. The Balaban J connectivity index is 2.13. The van der Waals surface area contributed by atoms with E-state index in [4.69, 9.17) is 10.7 Å². The number of nitrogens with zero attached hydrogens (tertiary/aromatic N) is 1. The Morgan fingerprint density at radius 2 is 2.31 bits per heavy atom. The van der Waals surface area contributed by atoms with Gasteiger partial charge in [0.05, 0.1) is 6.10 Å². The summed E-state index contributed by atoms with van der Waals surface area (Å²) in [4.78, 5) is 7.28. The van der Waals surface area contributed by atoms with Gasteiger partial charge in [0.25, 0.3) is 0 Å². The molecule has 1 fully saturated rings. The minimum absolute atomic E-state index is 0.165. The topological polar surface area (TPSA) is 38.5 Å². The maximum atomic E-state index is 5.26. The quantitative estimate of drug-likeness (QED) is 0.849. The lowest BCUT2D eigenvalue weighted by molar-refractivity contribution is 0.0435. The van der Waals surface area contributed by atoms with Gasteiger partial charge >= 0.3 is 0 Å². The van der Waals surface area contributed by atoms with Crippen LogP contribution in [-0.4, -0.2) is 19.2 Å². The third-order valence-electron chi connectivity index (χ3n) is 3.08. The Morgan fingerprint density at radius 3 is 3.00 bits per heavy atom. The van der Waals surface area contributed by atoms with E-state index in [2.05, 4.69) is 46.0 Å². The van der Waals surface area contributed by atoms with E-state index >= 15 is 0 Å². The highest BCUT2D eigenvalue weighted by Gasteiger charge is 2.20. The van der Waals surface area contributed by atoms with Crippen LogP contribution in [0.4, 0.5) is 5.69 Å². The van der Waals surface area contributed by atoms with Crippen molar-refractivity contribution >= 4 is 21.6 Å². The van der Waals surface area contributed by atoms with E-state index in [0.717, 1.165) is 30.4 Å².